The van der Waals surface area contributed by atoms with E-state index in [1.165, 1.54) is 136 Å². The van der Waals surface area contributed by atoms with E-state index in [0.717, 1.165) is 127 Å². The topological polar surface area (TPSA) is 116 Å². The molecule has 0 unspecified atom stereocenters. The second-order valence-electron chi connectivity index (χ2n) is 34.4. The molecule has 9 aromatic heterocycles. The highest BCUT2D eigenvalue weighted by Gasteiger charge is 2.25. The summed E-state index contributed by atoms with van der Waals surface area (Å²) in [6.07, 6.45) is 0. The molecule has 626 valence electrons. The summed E-state index contributed by atoms with van der Waals surface area (Å²) in [6, 6.07) is 152. The Bertz CT molecular complexity index is 10000. The van der Waals surface area contributed by atoms with E-state index in [1.54, 1.807) is 0 Å². The van der Waals surface area contributed by atoms with Crippen LogP contribution in [0.3, 0.4) is 0 Å². The van der Waals surface area contributed by atoms with Crippen molar-refractivity contribution in [2.75, 3.05) is 0 Å². The molecule has 0 aliphatic heterocycles. The Kier molecular flexibility index (Phi) is 18.4. The third kappa shape index (κ3) is 13.3. The Morgan fingerprint density at radius 2 is 0.393 bits per heavy atom. The highest BCUT2D eigenvalue weighted by molar-refractivity contribution is 7.27. The minimum absolute atomic E-state index is 0.629. The maximum Gasteiger partial charge on any atom is 0.179 e. The number of thiophene rings is 3. The molecule has 0 atom stereocenters. The zero-order valence-electron chi connectivity index (χ0n) is 72.2. The number of hydrogen-bond acceptors (Lipinski definition) is 12. The second-order valence-corrected chi connectivity index (χ2v) is 37.6. The number of hydrogen-bond donors (Lipinski definition) is 0. The van der Waals surface area contributed by atoms with Gasteiger partial charge in [-0.2, -0.15) is 0 Å². The van der Waals surface area contributed by atoms with Crippen LogP contribution in [0.2, 0.25) is 0 Å². The number of pyridine rings is 3. The maximum absolute atomic E-state index is 5.34. The van der Waals surface area contributed by atoms with Crippen molar-refractivity contribution >= 4 is 225 Å². The Balaban J connectivity index is 0.000000104. The van der Waals surface area contributed by atoms with Crippen LogP contribution in [0.4, 0.5) is 0 Å². The van der Waals surface area contributed by atoms with Crippen LogP contribution in [0.25, 0.3) is 281 Å². The first kappa shape index (κ1) is 77.8. The summed E-state index contributed by atoms with van der Waals surface area (Å²) in [4.78, 5) is 47.1. The molecule has 0 N–H and O–H groups in total. The number of fused-ring (bicyclic) bond motifs is 27. The minimum atomic E-state index is 0.629. The summed E-state index contributed by atoms with van der Waals surface area (Å²) < 4.78 is 7.69. The predicted molar refractivity (Wildman–Crippen MR) is 572 cm³/mol. The van der Waals surface area contributed by atoms with Crippen molar-refractivity contribution in [3.8, 4) is 90.6 Å². The van der Waals surface area contributed by atoms with Gasteiger partial charge >= 0.3 is 0 Å². The molecular formula is C123H71N9S3. The van der Waals surface area contributed by atoms with Crippen molar-refractivity contribution in [2.45, 2.75) is 0 Å². The van der Waals surface area contributed by atoms with Gasteiger partial charge in [0, 0.05) is 126 Å². The van der Waals surface area contributed by atoms with Gasteiger partial charge in [0.15, 0.2) is 17.5 Å². The van der Waals surface area contributed by atoms with Crippen LogP contribution in [0.5, 0.6) is 0 Å². The average molecular weight is 1770 g/mol. The normalized spacial score (nSPS) is 11.9. The fraction of sp³-hybridized carbons (Fsp3) is 0. The van der Waals surface area contributed by atoms with Gasteiger partial charge in [-0.15, -0.1) is 34.0 Å². The summed E-state index contributed by atoms with van der Waals surface area (Å²) in [5.74, 6) is 1.90. The van der Waals surface area contributed by atoms with E-state index < -0.39 is 0 Å². The van der Waals surface area contributed by atoms with E-state index in [2.05, 4.69) is 406 Å². The zero-order valence-corrected chi connectivity index (χ0v) is 74.7. The van der Waals surface area contributed by atoms with Crippen LogP contribution >= 0.6 is 34.0 Å². The largest absolute Gasteiger partial charge is 0.244 e. The molecule has 0 radical (unpaired) electrons. The standard InChI is InChI=1S/C47H27N3S.C39H23N3S.C37H21N3S/c1-2-10-29-25-30(18-17-28(29)9-1)31-19-20-33-27-34(22-21-32(33)26-31)45-37-13-5-7-15-39(37)49-47(50-45)46-36-12-4-3-11-35(36)43-40(48-46)23-24-42-44(43)38-14-6-8-16-41(38)51-42;1-2-11-24(12-3-1)25-13-10-14-26(23-25)37-29-17-6-8-19-31(29)41-39(42-37)38-28-16-5-4-15-27(28)35-32(40-38)21-22-34-36(35)30-18-7-9-20-33(30)43-34;1-2-10-23-21-24(18-17-22(23)9-1)35-27-13-5-7-15-29(27)39-37(40-35)36-26-12-4-3-11-25(26)33-30(38-36)19-20-32-34(33)28-14-6-8-16-31(28)41-32/h1-27H;1-23H;1-21H. The van der Waals surface area contributed by atoms with E-state index in [4.69, 9.17) is 44.9 Å². The van der Waals surface area contributed by atoms with Gasteiger partial charge in [0.2, 0.25) is 0 Å². The lowest BCUT2D eigenvalue weighted by molar-refractivity contribution is 1.20. The Morgan fingerprint density at radius 3 is 0.778 bits per heavy atom. The molecule has 20 aromatic carbocycles. The Hall–Kier alpha value is -17.1. The molecule has 12 heteroatoms. The van der Waals surface area contributed by atoms with Crippen molar-refractivity contribution in [2.24, 2.45) is 0 Å². The maximum atomic E-state index is 5.34. The number of nitrogens with zero attached hydrogens (tertiary/aromatic N) is 9. The lowest BCUT2D eigenvalue weighted by Gasteiger charge is -2.13. The van der Waals surface area contributed by atoms with Gasteiger partial charge in [-0.3, -0.25) is 0 Å². The van der Waals surface area contributed by atoms with Gasteiger partial charge in [-0.05, 0) is 174 Å². The third-order valence-corrected chi connectivity index (χ3v) is 29.9. The molecule has 0 saturated heterocycles. The molecule has 0 saturated carbocycles. The third-order valence-electron chi connectivity index (χ3n) is 26.5. The first-order chi connectivity index (χ1) is 66.9. The summed E-state index contributed by atoms with van der Waals surface area (Å²) in [5, 5.41) is 28.2. The summed E-state index contributed by atoms with van der Waals surface area (Å²) in [6.45, 7) is 0. The highest BCUT2D eigenvalue weighted by atomic mass is 32.1. The minimum Gasteiger partial charge on any atom is -0.244 e. The van der Waals surface area contributed by atoms with Crippen LogP contribution in [0.1, 0.15) is 0 Å². The molecule has 135 heavy (non-hydrogen) atoms. The van der Waals surface area contributed by atoms with Gasteiger partial charge in [0.1, 0.15) is 17.1 Å². The second kappa shape index (κ2) is 31.9. The van der Waals surface area contributed by atoms with Crippen LogP contribution in [0.15, 0.2) is 431 Å². The monoisotopic (exact) mass is 1770 g/mol. The molecule has 0 aliphatic rings. The molecule has 29 rings (SSSR count). The van der Waals surface area contributed by atoms with Crippen LogP contribution < -0.4 is 0 Å². The number of aromatic nitrogens is 9. The fourth-order valence-corrected chi connectivity index (χ4v) is 23.6. The molecule has 0 spiro atoms. The Labute approximate surface area is 784 Å². The zero-order chi connectivity index (χ0) is 88.7. The SMILES string of the molecule is c1ccc(-c2cccc(-c3nc(-c4nc5ccc6sc7ccccc7c6c5c5ccccc45)nc4ccccc34)c2)cc1.c1ccc2cc(-c3ccc4cc(-c5nc(-c6nc7ccc8sc9ccccc9c8c7c7ccccc67)nc6ccccc56)ccc4c3)ccc2c1.c1ccc2cc(-c3nc(-c4nc5ccc6sc7ccccc7c6c5c5ccccc45)nc4ccccc34)ccc2c1. The molecule has 9 heterocycles. The molecule has 0 bridgehead atoms. The van der Waals surface area contributed by atoms with Crippen molar-refractivity contribution in [3.05, 3.63) is 431 Å². The quantitative estimate of drug-likeness (QED) is 0.137. The van der Waals surface area contributed by atoms with Gasteiger partial charge in [0.25, 0.3) is 0 Å². The summed E-state index contributed by atoms with van der Waals surface area (Å²) in [5.41, 5.74) is 18.6. The first-order valence-corrected chi connectivity index (χ1v) is 47.7. The van der Waals surface area contributed by atoms with Gasteiger partial charge < -0.3 is 0 Å². The van der Waals surface area contributed by atoms with Crippen LogP contribution in [-0.4, -0.2) is 44.9 Å². The first-order valence-electron chi connectivity index (χ1n) is 45.3. The van der Waals surface area contributed by atoms with E-state index in [-0.39, 0.29) is 0 Å². The van der Waals surface area contributed by atoms with Crippen molar-refractivity contribution in [1.29, 1.82) is 0 Å². The van der Waals surface area contributed by atoms with Gasteiger partial charge in [0.05, 0.1) is 50.2 Å². The van der Waals surface area contributed by atoms with E-state index in [0.29, 0.717) is 17.5 Å². The predicted octanol–water partition coefficient (Wildman–Crippen LogP) is 33.9. The summed E-state index contributed by atoms with van der Waals surface area (Å²) >= 11 is 5.50. The van der Waals surface area contributed by atoms with Crippen molar-refractivity contribution in [1.82, 2.24) is 44.9 Å². The highest BCUT2D eigenvalue weighted by Crippen LogP contribution is 2.49. The molecule has 0 fully saturated rings. The lowest BCUT2D eigenvalue weighted by atomic mass is 9.96. The molecule has 0 amide bonds. The lowest BCUT2D eigenvalue weighted by Crippen LogP contribution is -1.98. The average Bonchev–Trinajstić information content (AvgIpc) is 1.66. The van der Waals surface area contributed by atoms with Crippen LogP contribution in [0, 0.1) is 0 Å². The van der Waals surface area contributed by atoms with E-state index in [9.17, 15) is 0 Å². The summed E-state index contributed by atoms with van der Waals surface area (Å²) in [7, 11) is 0. The smallest absolute Gasteiger partial charge is 0.179 e. The molecule has 0 aliphatic carbocycles. The Morgan fingerprint density at radius 1 is 0.126 bits per heavy atom. The van der Waals surface area contributed by atoms with Gasteiger partial charge in [-0.25, -0.2) is 44.9 Å². The van der Waals surface area contributed by atoms with Crippen molar-refractivity contribution < 1.29 is 0 Å². The van der Waals surface area contributed by atoms with Gasteiger partial charge in [-0.1, -0.05) is 328 Å². The number of benzene rings is 20. The number of rotatable bonds is 8. The van der Waals surface area contributed by atoms with Crippen LogP contribution in [-0.2, 0) is 0 Å². The fourth-order valence-electron chi connectivity index (χ4n) is 20.3. The molecule has 9 nitrogen and oxygen atoms in total. The number of para-hydroxylation sites is 3. The van der Waals surface area contributed by atoms with Crippen molar-refractivity contribution in [3.63, 3.8) is 0 Å². The molecule has 29 aromatic rings. The van der Waals surface area contributed by atoms with E-state index >= 15 is 0 Å². The van der Waals surface area contributed by atoms with E-state index in [1.807, 2.05) is 58.3 Å². The molecular weight excluding hydrogens is 1700 g/mol.